The normalized spacial score (nSPS) is 11.0. The number of aryl methyl sites for hydroxylation is 1. The van der Waals surface area contributed by atoms with Gasteiger partial charge in [-0.3, -0.25) is 0 Å². The van der Waals surface area contributed by atoms with Gasteiger partial charge in [-0.15, -0.1) is 0 Å². The molecule has 4 nitrogen and oxygen atoms in total. The molecule has 0 spiro atoms. The van der Waals surface area contributed by atoms with E-state index in [1.165, 1.54) is 17.7 Å². The van der Waals surface area contributed by atoms with E-state index in [9.17, 15) is 18.0 Å². The van der Waals surface area contributed by atoms with E-state index >= 15 is 0 Å². The van der Waals surface area contributed by atoms with Gasteiger partial charge in [0.15, 0.2) is 6.73 Å². The molecule has 0 aliphatic carbocycles. The van der Waals surface area contributed by atoms with Crippen LogP contribution in [0.25, 0.3) is 0 Å². The number of urea groups is 1. The minimum Gasteiger partial charge on any atom is -0.473 e. The lowest BCUT2D eigenvalue weighted by Crippen LogP contribution is -2.32. The summed E-state index contributed by atoms with van der Waals surface area (Å²) < 4.78 is 43.2. The van der Waals surface area contributed by atoms with E-state index in [0.29, 0.717) is 5.75 Å². The molecule has 0 aliphatic rings. The molecule has 0 unspecified atom stereocenters. The Labute approximate surface area is 144 Å². The lowest BCUT2D eigenvalue weighted by molar-refractivity contribution is -0.137. The van der Waals surface area contributed by atoms with Crippen LogP contribution in [0.15, 0.2) is 48.5 Å². The molecule has 0 bridgehead atoms. The number of carbonyl (C=O) groups is 1. The Morgan fingerprint density at radius 2 is 1.84 bits per heavy atom. The van der Waals surface area contributed by atoms with E-state index in [4.69, 9.17) is 4.74 Å². The molecular formula is C18H19F3N2O2. The van der Waals surface area contributed by atoms with E-state index in [0.717, 1.165) is 25.0 Å². The highest BCUT2D eigenvalue weighted by atomic mass is 19.4. The highest BCUT2D eigenvalue weighted by Gasteiger charge is 2.30. The molecule has 0 heterocycles. The van der Waals surface area contributed by atoms with Crippen LogP contribution < -0.4 is 15.4 Å². The predicted octanol–water partition coefficient (Wildman–Crippen LogP) is 4.82. The molecule has 2 amide bonds. The van der Waals surface area contributed by atoms with E-state index < -0.39 is 17.8 Å². The van der Waals surface area contributed by atoms with Crippen LogP contribution in [0.1, 0.15) is 24.5 Å². The fourth-order valence-electron chi connectivity index (χ4n) is 2.17. The maximum absolute atomic E-state index is 12.6. The molecule has 2 N–H and O–H groups in total. The van der Waals surface area contributed by atoms with Crippen LogP contribution in [0.4, 0.5) is 23.7 Å². The van der Waals surface area contributed by atoms with Gasteiger partial charge < -0.3 is 15.4 Å². The van der Waals surface area contributed by atoms with Crippen molar-refractivity contribution in [3.63, 3.8) is 0 Å². The second-order valence-corrected chi connectivity index (χ2v) is 5.39. The molecule has 0 aromatic heterocycles. The molecule has 134 valence electrons. The van der Waals surface area contributed by atoms with Gasteiger partial charge in [0.1, 0.15) is 5.75 Å². The number of alkyl halides is 3. The summed E-state index contributed by atoms with van der Waals surface area (Å²) in [6.45, 7) is 2.00. The molecule has 0 aliphatic heterocycles. The lowest BCUT2D eigenvalue weighted by atomic mass is 10.1. The zero-order valence-electron chi connectivity index (χ0n) is 13.7. The summed E-state index contributed by atoms with van der Waals surface area (Å²) in [4.78, 5) is 11.7. The number of amides is 2. The van der Waals surface area contributed by atoms with Crippen LogP contribution in [-0.2, 0) is 12.6 Å². The number of anilines is 1. The van der Waals surface area contributed by atoms with Crippen molar-refractivity contribution < 1.29 is 22.7 Å². The molecule has 25 heavy (non-hydrogen) atoms. The number of hydrogen-bond donors (Lipinski definition) is 2. The third kappa shape index (κ3) is 6.02. The molecule has 2 rings (SSSR count). The van der Waals surface area contributed by atoms with Crippen molar-refractivity contribution >= 4 is 11.7 Å². The summed E-state index contributed by atoms with van der Waals surface area (Å²) in [5, 5.41) is 4.76. The largest absolute Gasteiger partial charge is 0.473 e. The second-order valence-electron chi connectivity index (χ2n) is 5.39. The first-order valence-electron chi connectivity index (χ1n) is 7.82. The molecule has 7 heteroatoms. The molecule has 0 radical (unpaired) electrons. The molecule has 0 atom stereocenters. The minimum atomic E-state index is -4.46. The molecule has 0 saturated heterocycles. The van der Waals surface area contributed by atoms with Crippen LogP contribution in [0.5, 0.6) is 5.75 Å². The van der Waals surface area contributed by atoms with Crippen molar-refractivity contribution in [2.24, 2.45) is 0 Å². The molecule has 0 fully saturated rings. The Morgan fingerprint density at radius 1 is 1.12 bits per heavy atom. The highest BCUT2D eigenvalue weighted by molar-refractivity contribution is 5.89. The van der Waals surface area contributed by atoms with Crippen LogP contribution >= 0.6 is 0 Å². The fourth-order valence-corrected chi connectivity index (χ4v) is 2.17. The van der Waals surface area contributed by atoms with Crippen LogP contribution in [0, 0.1) is 0 Å². The smallest absolute Gasteiger partial charge is 0.416 e. The topological polar surface area (TPSA) is 50.4 Å². The third-order valence-electron chi connectivity index (χ3n) is 3.38. The summed E-state index contributed by atoms with van der Waals surface area (Å²) in [6, 6.07) is 11.3. The molecule has 2 aromatic rings. The van der Waals surface area contributed by atoms with E-state index in [-0.39, 0.29) is 12.4 Å². The zero-order valence-corrected chi connectivity index (χ0v) is 13.7. The van der Waals surface area contributed by atoms with Gasteiger partial charge in [-0.05, 0) is 42.3 Å². The summed E-state index contributed by atoms with van der Waals surface area (Å²) in [5.74, 6) is 0.597. The Kier molecular flexibility index (Phi) is 6.27. The van der Waals surface area contributed by atoms with Crippen LogP contribution in [-0.4, -0.2) is 12.8 Å². The summed E-state index contributed by atoms with van der Waals surface area (Å²) in [6.07, 6.45) is -2.42. The summed E-state index contributed by atoms with van der Waals surface area (Å²) in [5.41, 5.74) is 0.426. The quantitative estimate of drug-likeness (QED) is 0.733. The van der Waals surface area contributed by atoms with Gasteiger partial charge in [0.25, 0.3) is 0 Å². The van der Waals surface area contributed by atoms with Crippen molar-refractivity contribution in [2.75, 3.05) is 12.0 Å². The van der Waals surface area contributed by atoms with E-state index in [2.05, 4.69) is 17.6 Å². The van der Waals surface area contributed by atoms with Crippen molar-refractivity contribution in [1.82, 2.24) is 5.32 Å². The minimum absolute atomic E-state index is 0.0521. The van der Waals surface area contributed by atoms with Gasteiger partial charge in [0.05, 0.1) is 5.56 Å². The maximum atomic E-state index is 12.6. The lowest BCUT2D eigenvalue weighted by Gasteiger charge is -2.11. The van der Waals surface area contributed by atoms with E-state index in [1.54, 1.807) is 12.1 Å². The van der Waals surface area contributed by atoms with Gasteiger partial charge in [0, 0.05) is 5.69 Å². The Bertz CT molecular complexity index is 700. The molecule has 2 aromatic carbocycles. The first-order valence-corrected chi connectivity index (χ1v) is 7.82. The number of nitrogens with one attached hydrogen (secondary N) is 2. The average Bonchev–Trinajstić information content (AvgIpc) is 2.56. The Hall–Kier alpha value is -2.70. The predicted molar refractivity (Wildman–Crippen MR) is 89.5 cm³/mol. The SMILES string of the molecule is CCCc1ccc(OCNC(=O)Nc2cccc(C(F)(F)F)c2)cc1. The van der Waals surface area contributed by atoms with Gasteiger partial charge in [-0.2, -0.15) is 13.2 Å². The zero-order chi connectivity index (χ0) is 18.3. The number of benzene rings is 2. The number of halogens is 3. The average molecular weight is 352 g/mol. The monoisotopic (exact) mass is 352 g/mol. The van der Waals surface area contributed by atoms with Gasteiger partial charge >= 0.3 is 12.2 Å². The summed E-state index contributed by atoms with van der Waals surface area (Å²) in [7, 11) is 0. The van der Waals surface area contributed by atoms with Crippen molar-refractivity contribution in [2.45, 2.75) is 25.9 Å². The number of hydrogen-bond acceptors (Lipinski definition) is 2. The van der Waals surface area contributed by atoms with Crippen LogP contribution in [0.3, 0.4) is 0 Å². The van der Waals surface area contributed by atoms with Crippen molar-refractivity contribution in [3.05, 3.63) is 59.7 Å². The summed E-state index contributed by atoms with van der Waals surface area (Å²) >= 11 is 0. The third-order valence-corrected chi connectivity index (χ3v) is 3.38. The molecule has 0 saturated carbocycles. The van der Waals surface area contributed by atoms with E-state index in [1.807, 2.05) is 12.1 Å². The van der Waals surface area contributed by atoms with Crippen molar-refractivity contribution in [1.29, 1.82) is 0 Å². The van der Waals surface area contributed by atoms with Gasteiger partial charge in [-0.25, -0.2) is 4.79 Å². The fraction of sp³-hybridized carbons (Fsp3) is 0.278. The number of carbonyl (C=O) groups excluding carboxylic acids is 1. The number of rotatable bonds is 6. The maximum Gasteiger partial charge on any atom is 0.416 e. The first-order chi connectivity index (χ1) is 11.9. The highest BCUT2D eigenvalue weighted by Crippen LogP contribution is 2.30. The van der Waals surface area contributed by atoms with Crippen LogP contribution in [0.2, 0.25) is 0 Å². The number of ether oxygens (including phenoxy) is 1. The Balaban J connectivity index is 1.81. The second kappa shape index (κ2) is 8.41. The Morgan fingerprint density at radius 3 is 2.48 bits per heavy atom. The first kappa shape index (κ1) is 18.6. The van der Waals surface area contributed by atoms with Gasteiger partial charge in [-0.1, -0.05) is 31.5 Å². The standard InChI is InChI=1S/C18H19F3N2O2/c1-2-4-13-7-9-16(10-8-13)25-12-22-17(24)23-15-6-3-5-14(11-15)18(19,20)21/h3,5-11H,2,4,12H2,1H3,(H2,22,23,24). The molecular weight excluding hydrogens is 333 g/mol. The van der Waals surface area contributed by atoms with Gasteiger partial charge in [0.2, 0.25) is 0 Å². The van der Waals surface area contributed by atoms with Crippen molar-refractivity contribution in [3.8, 4) is 5.75 Å².